The minimum atomic E-state index is -1.91. The highest BCUT2D eigenvalue weighted by atomic mass is 16.7. The zero-order valence-electron chi connectivity index (χ0n) is 50.1. The maximum Gasteiger partial charge on any atom is 0.335 e. The predicted octanol–water partition coefficient (Wildman–Crippen LogP) is 16.9. The van der Waals surface area contributed by atoms with Gasteiger partial charge in [0.2, 0.25) is 0 Å². The van der Waals surface area contributed by atoms with E-state index in [0.29, 0.717) is 19.3 Å². The van der Waals surface area contributed by atoms with Crippen LogP contribution in [-0.2, 0) is 42.9 Å². The summed E-state index contributed by atoms with van der Waals surface area (Å²) in [5.74, 6) is -3.14. The van der Waals surface area contributed by atoms with Crippen molar-refractivity contribution in [1.29, 1.82) is 0 Å². The summed E-state index contributed by atoms with van der Waals surface area (Å²) < 4.78 is 28.5. The standard InChI is InChI=1S/C67H114O12/c1-4-7-10-13-16-19-22-24-26-28-30-32-34-36-39-41-44-47-50-53-59(68)75-56-58(77-60(69)54-51-48-45-43-40-37-35-33-31-29-27-25-23-20-17-14-11-8-5-2)57-76-67-65(63(72)62(71)64(79-67)66(73)74)78-61(70)55-52-49-46-42-38-21-18-15-12-9-6-3/h16-17,19-20,24-27,30-33,58,62-65,67,71-72H,4-15,18,21-23,28-29,34-57H2,1-3H3,(H,73,74)/b19-16-,20-17-,26-24-,27-25-,32-30-,33-31-. The van der Waals surface area contributed by atoms with E-state index in [0.717, 1.165) is 128 Å². The van der Waals surface area contributed by atoms with Crippen molar-refractivity contribution < 1.29 is 58.2 Å². The predicted molar refractivity (Wildman–Crippen MR) is 322 cm³/mol. The Morgan fingerprint density at radius 1 is 0.418 bits per heavy atom. The third-order valence-corrected chi connectivity index (χ3v) is 14.3. The summed E-state index contributed by atoms with van der Waals surface area (Å²) in [6.45, 7) is 5.92. The van der Waals surface area contributed by atoms with Crippen molar-refractivity contribution in [2.75, 3.05) is 13.2 Å². The lowest BCUT2D eigenvalue weighted by Gasteiger charge is -2.40. The van der Waals surface area contributed by atoms with Crippen LogP contribution in [-0.4, -0.2) is 89.2 Å². The minimum absolute atomic E-state index is 0.0582. The van der Waals surface area contributed by atoms with Gasteiger partial charge >= 0.3 is 23.9 Å². The highest BCUT2D eigenvalue weighted by Crippen LogP contribution is 2.26. The lowest BCUT2D eigenvalue weighted by atomic mass is 9.98. The molecule has 12 heteroatoms. The van der Waals surface area contributed by atoms with E-state index < -0.39 is 67.3 Å². The van der Waals surface area contributed by atoms with Gasteiger partial charge in [0.15, 0.2) is 24.6 Å². The van der Waals surface area contributed by atoms with Crippen LogP contribution in [0.4, 0.5) is 0 Å². The fraction of sp³-hybridized carbons (Fsp3) is 0.761. The van der Waals surface area contributed by atoms with Crippen molar-refractivity contribution in [3.8, 4) is 0 Å². The van der Waals surface area contributed by atoms with Crippen LogP contribution in [0.2, 0.25) is 0 Å². The van der Waals surface area contributed by atoms with Crippen LogP contribution in [0.3, 0.4) is 0 Å². The first kappa shape index (κ1) is 73.2. The Kier molecular flexibility index (Phi) is 50.7. The Bertz CT molecular complexity index is 1650. The van der Waals surface area contributed by atoms with Gasteiger partial charge in [-0.05, 0) is 96.3 Å². The molecule has 0 spiro atoms. The minimum Gasteiger partial charge on any atom is -0.479 e. The number of hydrogen-bond donors (Lipinski definition) is 3. The van der Waals surface area contributed by atoms with Crippen molar-refractivity contribution in [3.63, 3.8) is 0 Å². The Morgan fingerprint density at radius 3 is 1.18 bits per heavy atom. The van der Waals surface area contributed by atoms with Gasteiger partial charge in [-0.2, -0.15) is 0 Å². The van der Waals surface area contributed by atoms with Gasteiger partial charge in [0.1, 0.15) is 18.8 Å². The molecule has 0 saturated carbocycles. The second-order valence-corrected chi connectivity index (χ2v) is 21.7. The first-order chi connectivity index (χ1) is 38.6. The number of hydrogen-bond acceptors (Lipinski definition) is 11. The number of aliphatic hydroxyl groups is 2. The second kappa shape index (κ2) is 54.7. The summed E-state index contributed by atoms with van der Waals surface area (Å²) in [5.41, 5.74) is 0. The summed E-state index contributed by atoms with van der Waals surface area (Å²) in [6.07, 6.45) is 57.2. The van der Waals surface area contributed by atoms with Gasteiger partial charge in [0.25, 0.3) is 0 Å². The maximum atomic E-state index is 13.2. The molecule has 0 aromatic heterocycles. The summed E-state index contributed by atoms with van der Waals surface area (Å²) in [7, 11) is 0. The van der Waals surface area contributed by atoms with Gasteiger partial charge < -0.3 is 39.0 Å². The van der Waals surface area contributed by atoms with Gasteiger partial charge in [-0.15, -0.1) is 0 Å². The number of unbranched alkanes of at least 4 members (excludes halogenated alkanes) is 28. The van der Waals surface area contributed by atoms with Crippen molar-refractivity contribution in [2.24, 2.45) is 0 Å². The van der Waals surface area contributed by atoms with Crippen molar-refractivity contribution in [3.05, 3.63) is 72.9 Å². The number of carbonyl (C=O) groups excluding carboxylic acids is 3. The molecule has 0 aromatic carbocycles. The van der Waals surface area contributed by atoms with Crippen LogP contribution < -0.4 is 0 Å². The number of esters is 3. The monoisotopic (exact) mass is 1110 g/mol. The quantitative estimate of drug-likeness (QED) is 0.0228. The van der Waals surface area contributed by atoms with Crippen LogP contribution in [0.1, 0.15) is 278 Å². The van der Waals surface area contributed by atoms with Gasteiger partial charge in [0, 0.05) is 19.3 Å². The van der Waals surface area contributed by atoms with E-state index in [1.165, 1.54) is 89.9 Å². The van der Waals surface area contributed by atoms with Crippen LogP contribution in [0.15, 0.2) is 72.9 Å². The zero-order chi connectivity index (χ0) is 57.5. The first-order valence-corrected chi connectivity index (χ1v) is 31.9. The molecule has 12 nitrogen and oxygen atoms in total. The third kappa shape index (κ3) is 44.5. The molecular weight excluding hydrogens is 997 g/mol. The molecule has 0 radical (unpaired) electrons. The molecular formula is C67H114O12. The Morgan fingerprint density at radius 2 is 0.759 bits per heavy atom. The van der Waals surface area contributed by atoms with E-state index in [-0.39, 0.29) is 25.9 Å². The van der Waals surface area contributed by atoms with Gasteiger partial charge in [0.05, 0.1) is 6.61 Å². The molecule has 1 saturated heterocycles. The smallest absolute Gasteiger partial charge is 0.335 e. The number of allylic oxidation sites excluding steroid dienone is 12. The molecule has 0 aliphatic carbocycles. The van der Waals surface area contributed by atoms with Gasteiger partial charge in [-0.1, -0.05) is 235 Å². The number of rotatable bonds is 54. The van der Waals surface area contributed by atoms with Gasteiger partial charge in [-0.25, -0.2) is 4.79 Å². The molecule has 0 amide bonds. The Hall–Kier alpha value is -3.84. The molecule has 6 atom stereocenters. The summed E-state index contributed by atoms with van der Waals surface area (Å²) in [4.78, 5) is 51.2. The highest BCUT2D eigenvalue weighted by Gasteiger charge is 2.50. The Balaban J connectivity index is 2.67. The lowest BCUT2D eigenvalue weighted by Crippen LogP contribution is -2.61. The number of carboxylic acids is 1. The van der Waals surface area contributed by atoms with E-state index in [4.69, 9.17) is 23.7 Å². The fourth-order valence-corrected chi connectivity index (χ4v) is 9.32. The van der Waals surface area contributed by atoms with Crippen LogP contribution in [0.5, 0.6) is 0 Å². The van der Waals surface area contributed by atoms with E-state index in [9.17, 15) is 34.5 Å². The number of ether oxygens (including phenoxy) is 5. The van der Waals surface area contributed by atoms with E-state index >= 15 is 0 Å². The molecule has 1 heterocycles. The average Bonchev–Trinajstić information content (AvgIpc) is 3.47. The SMILES string of the molecule is CCCCC/C=C\C/C=C\C/C=C\CCCCCCCCC(=O)OCC(COC1OC(C(=O)O)C(O)C(O)C1OC(=O)CCCCCCCCCCCCC)OC(=O)CCCCCCCC/C=C\C/C=C\C/C=C\CCCCC. The first-order valence-electron chi connectivity index (χ1n) is 31.9. The number of aliphatic hydroxyl groups excluding tert-OH is 2. The molecule has 1 aliphatic heterocycles. The molecule has 0 aromatic rings. The largest absolute Gasteiger partial charge is 0.479 e. The molecule has 1 rings (SSSR count). The van der Waals surface area contributed by atoms with Crippen molar-refractivity contribution in [1.82, 2.24) is 0 Å². The lowest BCUT2D eigenvalue weighted by molar-refractivity contribution is -0.301. The normalized spacial score (nSPS) is 18.3. The molecule has 3 N–H and O–H groups in total. The molecule has 6 unspecified atom stereocenters. The highest BCUT2D eigenvalue weighted by molar-refractivity contribution is 5.74. The molecule has 79 heavy (non-hydrogen) atoms. The van der Waals surface area contributed by atoms with E-state index in [1.54, 1.807) is 0 Å². The summed E-state index contributed by atoms with van der Waals surface area (Å²) in [6, 6.07) is 0. The number of carbonyl (C=O) groups is 4. The van der Waals surface area contributed by atoms with E-state index in [2.05, 4.69) is 93.7 Å². The van der Waals surface area contributed by atoms with Crippen LogP contribution in [0.25, 0.3) is 0 Å². The fourth-order valence-electron chi connectivity index (χ4n) is 9.32. The van der Waals surface area contributed by atoms with Gasteiger partial charge in [-0.3, -0.25) is 14.4 Å². The van der Waals surface area contributed by atoms with E-state index in [1.807, 2.05) is 0 Å². The van der Waals surface area contributed by atoms with Crippen LogP contribution >= 0.6 is 0 Å². The van der Waals surface area contributed by atoms with Crippen molar-refractivity contribution in [2.45, 2.75) is 314 Å². The average molecular weight is 1110 g/mol. The van der Waals surface area contributed by atoms with Crippen LogP contribution in [0, 0.1) is 0 Å². The Labute approximate surface area is 480 Å². The summed E-state index contributed by atoms with van der Waals surface area (Å²) in [5, 5.41) is 31.5. The topological polar surface area (TPSA) is 175 Å². The summed E-state index contributed by atoms with van der Waals surface area (Å²) >= 11 is 0. The molecule has 1 fully saturated rings. The maximum absolute atomic E-state index is 13.2. The van der Waals surface area contributed by atoms with Crippen molar-refractivity contribution >= 4 is 23.9 Å². The number of aliphatic carboxylic acids is 1. The molecule has 454 valence electrons. The zero-order valence-corrected chi connectivity index (χ0v) is 50.1. The third-order valence-electron chi connectivity index (χ3n) is 14.3. The molecule has 0 bridgehead atoms. The number of carboxylic acid groups (broad SMARTS) is 1. The second-order valence-electron chi connectivity index (χ2n) is 21.7. The molecule has 1 aliphatic rings.